The van der Waals surface area contributed by atoms with E-state index in [0.717, 1.165) is 29.0 Å². The molecule has 0 amide bonds. The molecule has 0 bridgehead atoms. The summed E-state index contributed by atoms with van der Waals surface area (Å²) in [6.45, 7) is 42.4. The number of hydrogen-bond acceptors (Lipinski definition) is 8. The highest BCUT2D eigenvalue weighted by molar-refractivity contribution is 6.75. The van der Waals surface area contributed by atoms with Gasteiger partial charge in [-0.15, -0.1) is 0 Å². The Balaban J connectivity index is 2.63. The van der Waals surface area contributed by atoms with Crippen LogP contribution in [0.2, 0.25) is 54.4 Å². The monoisotopic (exact) mass is 808 g/mol. The number of aliphatic hydroxyl groups is 1. The lowest BCUT2D eigenvalue weighted by Gasteiger charge is -2.46. The zero-order chi connectivity index (χ0) is 41.5. The minimum atomic E-state index is -2.35. The van der Waals surface area contributed by atoms with E-state index in [1.165, 1.54) is 0 Å². The van der Waals surface area contributed by atoms with Gasteiger partial charge in [0.05, 0.1) is 38.2 Å². The van der Waals surface area contributed by atoms with Gasteiger partial charge in [-0.3, -0.25) is 0 Å². The normalized spacial score (nSPS) is 19.5. The second-order valence-corrected chi connectivity index (χ2v) is 34.7. The number of aliphatic hydroxyl groups excluding tert-OH is 1. The molecule has 0 aromatic heterocycles. The second-order valence-electron chi connectivity index (χ2n) is 20.4. The van der Waals surface area contributed by atoms with Crippen molar-refractivity contribution in [1.29, 1.82) is 0 Å². The first-order valence-electron chi connectivity index (χ1n) is 20.3. The molecule has 54 heavy (non-hydrogen) atoms. The van der Waals surface area contributed by atoms with E-state index in [1.807, 2.05) is 24.3 Å². The Morgan fingerprint density at radius 3 is 1.83 bits per heavy atom. The first kappa shape index (κ1) is 48.8. The zero-order valence-corrected chi connectivity index (χ0v) is 40.9. The molecule has 1 aliphatic rings. The Kier molecular flexibility index (Phi) is 17.6. The fourth-order valence-corrected chi connectivity index (χ4v) is 9.16. The highest BCUT2D eigenvalue weighted by atomic mass is 28.4. The number of benzene rings is 1. The van der Waals surface area contributed by atoms with Gasteiger partial charge in [0.25, 0.3) is 0 Å². The van der Waals surface area contributed by atoms with Crippen LogP contribution >= 0.6 is 0 Å². The fourth-order valence-electron chi connectivity index (χ4n) is 5.73. The van der Waals surface area contributed by atoms with Crippen LogP contribution in [-0.4, -0.2) is 81.0 Å². The van der Waals surface area contributed by atoms with Crippen LogP contribution in [-0.2, 0) is 29.5 Å². The third-order valence-electron chi connectivity index (χ3n) is 12.8. The third kappa shape index (κ3) is 13.7. The molecule has 11 heteroatoms. The largest absolute Gasteiger partial charge is 0.497 e. The van der Waals surface area contributed by atoms with Crippen molar-refractivity contribution in [3.63, 3.8) is 0 Å². The van der Waals surface area contributed by atoms with Gasteiger partial charge < -0.3 is 32.7 Å². The summed E-state index contributed by atoms with van der Waals surface area (Å²) < 4.78 is 32.9. The molecule has 1 aromatic rings. The van der Waals surface area contributed by atoms with Crippen molar-refractivity contribution in [2.24, 2.45) is 22.9 Å². The number of oxime groups is 1. The van der Waals surface area contributed by atoms with Crippen molar-refractivity contribution < 1.29 is 32.7 Å². The molecule has 0 spiro atoms. The molecule has 1 heterocycles. The van der Waals surface area contributed by atoms with Crippen LogP contribution in [0.25, 0.3) is 0 Å². The second kappa shape index (κ2) is 19.4. The van der Waals surface area contributed by atoms with Crippen LogP contribution < -0.4 is 4.74 Å². The van der Waals surface area contributed by atoms with Gasteiger partial charge in [-0.25, -0.2) is 0 Å². The molecule has 0 radical (unpaired) electrons. The lowest BCUT2D eigenvalue weighted by atomic mass is 9.81. The molecule has 2 rings (SSSR count). The molecule has 0 saturated heterocycles. The van der Waals surface area contributed by atoms with Crippen LogP contribution in [0, 0.1) is 17.8 Å². The topological polar surface area (TPSA) is 88.0 Å². The lowest BCUT2D eigenvalue weighted by molar-refractivity contribution is -0.0846. The van der Waals surface area contributed by atoms with Crippen molar-refractivity contribution in [2.45, 2.75) is 175 Å². The highest BCUT2D eigenvalue weighted by Gasteiger charge is 2.48. The first-order chi connectivity index (χ1) is 24.6. The Hall–Kier alpha value is -1.32. The summed E-state index contributed by atoms with van der Waals surface area (Å²) >= 11 is 0. The van der Waals surface area contributed by atoms with E-state index in [4.69, 9.17) is 27.6 Å². The van der Waals surface area contributed by atoms with Crippen molar-refractivity contribution >= 4 is 30.7 Å². The maximum absolute atomic E-state index is 13.0. The number of hydrogen-bond donors (Lipinski definition) is 1. The van der Waals surface area contributed by atoms with Crippen molar-refractivity contribution in [3.05, 3.63) is 41.5 Å². The van der Waals surface area contributed by atoms with Gasteiger partial charge in [0.1, 0.15) is 11.9 Å². The fraction of sp³-hybridized carbons (Fsp3) is 0.791. The summed E-state index contributed by atoms with van der Waals surface area (Å²) in [7, 11) is -5.05. The molecule has 6 atom stereocenters. The quantitative estimate of drug-likeness (QED) is 0.104. The third-order valence-corrected chi connectivity index (χ3v) is 26.3. The Bertz CT molecular complexity index is 1360. The molecular weight excluding hydrogens is 727 g/mol. The van der Waals surface area contributed by atoms with Crippen molar-refractivity contribution in [3.8, 4) is 5.75 Å². The lowest BCUT2D eigenvalue weighted by Crippen LogP contribution is -2.54. The average Bonchev–Trinajstić information content (AvgIpc) is 3.52. The molecule has 0 unspecified atom stereocenters. The molecule has 1 aliphatic heterocycles. The molecule has 1 aromatic carbocycles. The van der Waals surface area contributed by atoms with Crippen molar-refractivity contribution in [2.75, 3.05) is 26.9 Å². The smallest absolute Gasteiger partial charge is 0.192 e. The summed E-state index contributed by atoms with van der Waals surface area (Å²) in [5.74, 6) is 0.242. The minimum absolute atomic E-state index is 0.00217. The standard InChI is InChI=1S/C43H81NO7Si3/c1-20-34-26-38(50-44-34)36(29-48-52(14,15)41(4,5)6)39(45)37(30-49-53(16,17)42(7,8)9)40(51-54(18,19)43(10,11)12)32(3)25-31(2)27-47-28-33-21-23-35(46-13)24-22-33/h21-25,31,36-40,45H,20,26-30H2,1-19H3/b32-25+/t31-,36-,37+,38-,39-,40-/m1/s1. The van der Waals surface area contributed by atoms with Gasteiger partial charge >= 0.3 is 0 Å². The molecule has 0 saturated carbocycles. The molecular formula is C43H81NO7Si3. The molecule has 312 valence electrons. The first-order valence-corrected chi connectivity index (χ1v) is 29.0. The predicted octanol–water partition coefficient (Wildman–Crippen LogP) is 11.4. The predicted molar refractivity (Wildman–Crippen MR) is 234 cm³/mol. The molecule has 0 fully saturated rings. The Labute approximate surface area is 334 Å². The summed E-state index contributed by atoms with van der Waals surface area (Å²) in [5.41, 5.74) is 3.21. The van der Waals surface area contributed by atoms with Gasteiger partial charge in [0.15, 0.2) is 25.0 Å². The summed E-state index contributed by atoms with van der Waals surface area (Å²) in [6, 6.07) is 8.00. The van der Waals surface area contributed by atoms with Crippen LogP contribution in [0.15, 0.2) is 41.1 Å². The number of ether oxygens (including phenoxy) is 2. The summed E-state index contributed by atoms with van der Waals surface area (Å²) in [6.07, 6.45) is 2.26. The molecule has 0 aliphatic carbocycles. The zero-order valence-electron chi connectivity index (χ0n) is 37.9. The van der Waals surface area contributed by atoms with Crippen molar-refractivity contribution in [1.82, 2.24) is 0 Å². The van der Waals surface area contributed by atoms with E-state index < -0.39 is 37.2 Å². The maximum atomic E-state index is 13.0. The SMILES string of the molecule is CCC1=NO[C@@H]([C@@H](CO[Si](C)(C)C(C)(C)C)[C@@H](O)[C@H](CO[Si](C)(C)C(C)(C)C)[C@H](O[Si](C)(C)C(C)(C)C)/C(C)=C/[C@@H](C)COCc2ccc(OC)cc2)C1. The van der Waals surface area contributed by atoms with Crippen LogP contribution in [0.3, 0.4) is 0 Å². The number of methoxy groups -OCH3 is 1. The highest BCUT2D eigenvalue weighted by Crippen LogP contribution is 2.43. The van der Waals surface area contributed by atoms with E-state index >= 15 is 0 Å². The van der Waals surface area contributed by atoms with Gasteiger partial charge in [-0.1, -0.05) is 99.5 Å². The van der Waals surface area contributed by atoms with Gasteiger partial charge in [-0.2, -0.15) is 0 Å². The molecule has 1 N–H and O–H groups in total. The number of nitrogens with zero attached hydrogens (tertiary/aromatic N) is 1. The summed E-state index contributed by atoms with van der Waals surface area (Å²) in [5, 5.41) is 17.4. The number of rotatable bonds is 20. The van der Waals surface area contributed by atoms with Crippen LogP contribution in [0.1, 0.15) is 101 Å². The van der Waals surface area contributed by atoms with E-state index in [1.54, 1.807) is 7.11 Å². The van der Waals surface area contributed by atoms with Gasteiger partial charge in [0, 0.05) is 31.5 Å². The van der Waals surface area contributed by atoms with Gasteiger partial charge in [0.2, 0.25) is 0 Å². The van der Waals surface area contributed by atoms with Gasteiger partial charge in [-0.05, 0) is 96.9 Å². The minimum Gasteiger partial charge on any atom is -0.497 e. The van der Waals surface area contributed by atoms with E-state index in [2.05, 4.69) is 134 Å². The summed E-state index contributed by atoms with van der Waals surface area (Å²) in [4.78, 5) is 6.16. The van der Waals surface area contributed by atoms with E-state index in [0.29, 0.717) is 32.8 Å². The average molecular weight is 808 g/mol. The Morgan fingerprint density at radius 2 is 1.37 bits per heavy atom. The Morgan fingerprint density at radius 1 is 0.852 bits per heavy atom. The maximum Gasteiger partial charge on any atom is 0.192 e. The van der Waals surface area contributed by atoms with E-state index in [-0.39, 0.29) is 39.0 Å². The molecule has 8 nitrogen and oxygen atoms in total. The van der Waals surface area contributed by atoms with E-state index in [9.17, 15) is 5.11 Å². The van der Waals surface area contributed by atoms with Crippen LogP contribution in [0.4, 0.5) is 0 Å². The van der Waals surface area contributed by atoms with Crippen LogP contribution in [0.5, 0.6) is 5.75 Å².